The quantitative estimate of drug-likeness (QED) is 0.855. The Hall–Kier alpha value is -1.02. The average molecular weight is 275 g/mol. The fourth-order valence-corrected chi connectivity index (χ4v) is 3.44. The van der Waals surface area contributed by atoms with Crippen molar-refractivity contribution in [2.24, 2.45) is 11.8 Å². The van der Waals surface area contributed by atoms with Crippen LogP contribution in [0, 0.1) is 18.8 Å². The van der Waals surface area contributed by atoms with E-state index in [1.165, 1.54) is 36.8 Å². The standard InChI is InChI=1S/C18H29NO/c1-5-19-18(15-9-6-13(2)7-10-15)16-11-8-14(3)12-17(16)20-4/h8,11-13,15,18-19H,5-7,9-10H2,1-4H3. The number of methoxy groups -OCH3 is 1. The second kappa shape index (κ2) is 7.12. The van der Waals surface area contributed by atoms with Crippen LogP contribution in [-0.4, -0.2) is 13.7 Å². The number of aryl methyl sites for hydroxylation is 1. The summed E-state index contributed by atoms with van der Waals surface area (Å²) in [5, 5.41) is 3.70. The molecule has 0 saturated heterocycles. The van der Waals surface area contributed by atoms with E-state index < -0.39 is 0 Å². The van der Waals surface area contributed by atoms with E-state index in [1.807, 2.05) is 0 Å². The Morgan fingerprint density at radius 3 is 2.55 bits per heavy atom. The predicted octanol–water partition coefficient (Wildman–Crippen LogP) is 4.48. The first-order valence-electron chi connectivity index (χ1n) is 8.03. The highest BCUT2D eigenvalue weighted by atomic mass is 16.5. The van der Waals surface area contributed by atoms with Gasteiger partial charge in [0.25, 0.3) is 0 Å². The molecule has 0 radical (unpaired) electrons. The average Bonchev–Trinajstić information content (AvgIpc) is 2.46. The minimum Gasteiger partial charge on any atom is -0.496 e. The molecule has 1 fully saturated rings. The Kier molecular flexibility index (Phi) is 5.47. The lowest BCUT2D eigenvalue weighted by atomic mass is 9.77. The summed E-state index contributed by atoms with van der Waals surface area (Å²) in [5.74, 6) is 2.67. The van der Waals surface area contributed by atoms with E-state index in [4.69, 9.17) is 4.74 Å². The van der Waals surface area contributed by atoms with E-state index >= 15 is 0 Å². The molecule has 0 spiro atoms. The molecule has 1 saturated carbocycles. The molecule has 0 heterocycles. The van der Waals surface area contributed by atoms with E-state index in [9.17, 15) is 0 Å². The fourth-order valence-electron chi connectivity index (χ4n) is 3.44. The van der Waals surface area contributed by atoms with E-state index in [2.05, 4.69) is 44.3 Å². The van der Waals surface area contributed by atoms with Crippen LogP contribution in [0.1, 0.15) is 56.7 Å². The maximum absolute atomic E-state index is 5.63. The van der Waals surface area contributed by atoms with Gasteiger partial charge in [-0.25, -0.2) is 0 Å². The van der Waals surface area contributed by atoms with Crippen molar-refractivity contribution in [2.45, 2.75) is 52.5 Å². The number of benzene rings is 1. The van der Waals surface area contributed by atoms with Gasteiger partial charge < -0.3 is 10.1 Å². The molecule has 0 amide bonds. The van der Waals surface area contributed by atoms with Crippen LogP contribution < -0.4 is 10.1 Å². The molecule has 1 aliphatic rings. The summed E-state index contributed by atoms with van der Waals surface area (Å²) in [6.45, 7) is 7.70. The molecule has 2 rings (SSSR count). The fraction of sp³-hybridized carbons (Fsp3) is 0.667. The van der Waals surface area contributed by atoms with Gasteiger partial charge in [0.05, 0.1) is 7.11 Å². The molecule has 0 aliphatic heterocycles. The van der Waals surface area contributed by atoms with Crippen molar-refractivity contribution in [3.63, 3.8) is 0 Å². The molecule has 1 unspecified atom stereocenters. The Labute approximate surface area is 123 Å². The number of hydrogen-bond acceptors (Lipinski definition) is 2. The van der Waals surface area contributed by atoms with Crippen LogP contribution in [0.3, 0.4) is 0 Å². The molecule has 1 aliphatic carbocycles. The van der Waals surface area contributed by atoms with Gasteiger partial charge in [0, 0.05) is 11.6 Å². The van der Waals surface area contributed by atoms with Crippen molar-refractivity contribution in [2.75, 3.05) is 13.7 Å². The Bertz CT molecular complexity index is 421. The van der Waals surface area contributed by atoms with Gasteiger partial charge in [-0.2, -0.15) is 0 Å². The monoisotopic (exact) mass is 275 g/mol. The minimum absolute atomic E-state index is 0.433. The van der Waals surface area contributed by atoms with Crippen LogP contribution in [0.15, 0.2) is 18.2 Å². The molecule has 1 aromatic rings. The SMILES string of the molecule is CCNC(c1ccc(C)cc1OC)C1CCC(C)CC1. The minimum atomic E-state index is 0.433. The molecular formula is C18H29NO. The van der Waals surface area contributed by atoms with E-state index in [0.29, 0.717) is 6.04 Å². The van der Waals surface area contributed by atoms with Crippen LogP contribution >= 0.6 is 0 Å². The highest BCUT2D eigenvalue weighted by Gasteiger charge is 2.28. The third-order valence-electron chi connectivity index (χ3n) is 4.68. The third kappa shape index (κ3) is 3.54. The van der Waals surface area contributed by atoms with Gasteiger partial charge in [0.1, 0.15) is 5.75 Å². The molecule has 1 aromatic carbocycles. The normalized spacial score (nSPS) is 24.4. The number of rotatable bonds is 5. The van der Waals surface area contributed by atoms with Gasteiger partial charge >= 0.3 is 0 Å². The van der Waals surface area contributed by atoms with Gasteiger partial charge in [-0.15, -0.1) is 0 Å². The van der Waals surface area contributed by atoms with Gasteiger partial charge in [-0.1, -0.05) is 38.8 Å². The summed E-state index contributed by atoms with van der Waals surface area (Å²) >= 11 is 0. The second-order valence-electron chi connectivity index (χ2n) is 6.30. The van der Waals surface area contributed by atoms with Crippen molar-refractivity contribution < 1.29 is 4.74 Å². The zero-order chi connectivity index (χ0) is 14.5. The number of nitrogens with one attached hydrogen (secondary N) is 1. The summed E-state index contributed by atoms with van der Waals surface area (Å²) in [5.41, 5.74) is 2.60. The topological polar surface area (TPSA) is 21.3 Å². The van der Waals surface area contributed by atoms with Gasteiger partial charge in [-0.3, -0.25) is 0 Å². The lowest BCUT2D eigenvalue weighted by Crippen LogP contribution is -2.31. The summed E-state index contributed by atoms with van der Waals surface area (Å²) in [6, 6.07) is 7.04. The first-order chi connectivity index (χ1) is 9.65. The van der Waals surface area contributed by atoms with Crippen LogP contribution in [0.5, 0.6) is 5.75 Å². The van der Waals surface area contributed by atoms with E-state index in [0.717, 1.165) is 24.1 Å². The molecule has 0 bridgehead atoms. The first kappa shape index (κ1) is 15.4. The number of hydrogen-bond donors (Lipinski definition) is 1. The van der Waals surface area contributed by atoms with Crippen molar-refractivity contribution >= 4 is 0 Å². The van der Waals surface area contributed by atoms with Crippen molar-refractivity contribution in [3.05, 3.63) is 29.3 Å². The lowest BCUT2D eigenvalue weighted by molar-refractivity contribution is 0.230. The van der Waals surface area contributed by atoms with Crippen LogP contribution in [-0.2, 0) is 0 Å². The predicted molar refractivity (Wildman–Crippen MR) is 85.3 cm³/mol. The first-order valence-corrected chi connectivity index (χ1v) is 8.03. The molecule has 2 heteroatoms. The molecular weight excluding hydrogens is 246 g/mol. The Balaban J connectivity index is 2.23. The lowest BCUT2D eigenvalue weighted by Gasteiger charge is -2.34. The second-order valence-corrected chi connectivity index (χ2v) is 6.30. The smallest absolute Gasteiger partial charge is 0.123 e. The third-order valence-corrected chi connectivity index (χ3v) is 4.68. The van der Waals surface area contributed by atoms with Crippen molar-refractivity contribution in [1.29, 1.82) is 0 Å². The Morgan fingerprint density at radius 1 is 1.25 bits per heavy atom. The van der Waals surface area contributed by atoms with E-state index in [-0.39, 0.29) is 0 Å². The van der Waals surface area contributed by atoms with Crippen molar-refractivity contribution in [3.8, 4) is 5.75 Å². The largest absolute Gasteiger partial charge is 0.496 e. The maximum Gasteiger partial charge on any atom is 0.123 e. The van der Waals surface area contributed by atoms with Gasteiger partial charge in [0.2, 0.25) is 0 Å². The summed E-state index contributed by atoms with van der Waals surface area (Å²) < 4.78 is 5.63. The van der Waals surface area contributed by atoms with Crippen LogP contribution in [0.2, 0.25) is 0 Å². The van der Waals surface area contributed by atoms with Crippen LogP contribution in [0.4, 0.5) is 0 Å². The molecule has 1 N–H and O–H groups in total. The van der Waals surface area contributed by atoms with E-state index in [1.54, 1.807) is 7.11 Å². The zero-order valence-electron chi connectivity index (χ0n) is 13.4. The number of ether oxygens (including phenoxy) is 1. The highest BCUT2D eigenvalue weighted by Crippen LogP contribution is 2.39. The molecule has 20 heavy (non-hydrogen) atoms. The Morgan fingerprint density at radius 2 is 1.95 bits per heavy atom. The zero-order valence-corrected chi connectivity index (χ0v) is 13.4. The van der Waals surface area contributed by atoms with Crippen LogP contribution in [0.25, 0.3) is 0 Å². The molecule has 2 nitrogen and oxygen atoms in total. The highest BCUT2D eigenvalue weighted by molar-refractivity contribution is 5.39. The summed E-state index contributed by atoms with van der Waals surface area (Å²) in [6.07, 6.45) is 5.38. The molecule has 0 aromatic heterocycles. The van der Waals surface area contributed by atoms with Gasteiger partial charge in [0.15, 0.2) is 0 Å². The van der Waals surface area contributed by atoms with Crippen molar-refractivity contribution in [1.82, 2.24) is 5.32 Å². The summed E-state index contributed by atoms with van der Waals surface area (Å²) in [4.78, 5) is 0. The summed E-state index contributed by atoms with van der Waals surface area (Å²) in [7, 11) is 1.78. The molecule has 1 atom stereocenters. The van der Waals surface area contributed by atoms with Gasteiger partial charge in [-0.05, 0) is 49.8 Å². The maximum atomic E-state index is 5.63. The molecule has 112 valence electrons.